The van der Waals surface area contributed by atoms with E-state index >= 15 is 0 Å². The molecule has 0 aromatic carbocycles. The van der Waals surface area contributed by atoms with Gasteiger partial charge in [-0.25, -0.2) is 0 Å². The van der Waals surface area contributed by atoms with E-state index in [1.165, 1.54) is 11.5 Å². The monoisotopic (exact) mass is 247 g/mol. The summed E-state index contributed by atoms with van der Waals surface area (Å²) in [5, 5.41) is 17.2. The van der Waals surface area contributed by atoms with E-state index in [1.807, 2.05) is 17.8 Å². The van der Waals surface area contributed by atoms with Crippen LogP contribution >= 0.6 is 11.5 Å². The fraction of sp³-hybridized carbons (Fsp3) is 0.364. The first-order valence-electron chi connectivity index (χ1n) is 5.29. The van der Waals surface area contributed by atoms with Crippen LogP contribution in [0.2, 0.25) is 0 Å². The number of anilines is 2. The van der Waals surface area contributed by atoms with Gasteiger partial charge in [0.05, 0.1) is 17.6 Å². The van der Waals surface area contributed by atoms with Gasteiger partial charge in [-0.3, -0.25) is 4.68 Å². The van der Waals surface area contributed by atoms with Gasteiger partial charge in [0.1, 0.15) is 16.6 Å². The molecule has 0 saturated heterocycles. The van der Waals surface area contributed by atoms with Gasteiger partial charge in [-0.2, -0.15) is 14.7 Å². The Morgan fingerprint density at radius 2 is 2.29 bits per heavy atom. The van der Waals surface area contributed by atoms with Crippen LogP contribution in [0, 0.1) is 18.3 Å². The van der Waals surface area contributed by atoms with E-state index in [2.05, 4.69) is 34.7 Å². The zero-order chi connectivity index (χ0) is 12.4. The molecule has 0 aliphatic heterocycles. The molecule has 88 valence electrons. The summed E-state index contributed by atoms with van der Waals surface area (Å²) in [6.45, 7) is 5.96. The van der Waals surface area contributed by atoms with Crippen molar-refractivity contribution in [1.29, 1.82) is 5.26 Å². The second-order valence-corrected chi connectivity index (χ2v) is 4.79. The summed E-state index contributed by atoms with van der Waals surface area (Å²) in [7, 11) is 0. The van der Waals surface area contributed by atoms with Crippen LogP contribution in [0.25, 0.3) is 0 Å². The second kappa shape index (κ2) is 4.55. The Labute approximate surface area is 104 Å². The van der Waals surface area contributed by atoms with Crippen LogP contribution in [0.5, 0.6) is 0 Å². The van der Waals surface area contributed by atoms with Gasteiger partial charge < -0.3 is 5.32 Å². The molecule has 2 rings (SSSR count). The van der Waals surface area contributed by atoms with Crippen molar-refractivity contribution in [3.8, 4) is 6.07 Å². The lowest BCUT2D eigenvalue weighted by molar-refractivity contribution is 0.532. The summed E-state index contributed by atoms with van der Waals surface area (Å²) in [6, 6.07) is 2.48. The number of nitriles is 1. The Balaban J connectivity index is 2.23. The zero-order valence-corrected chi connectivity index (χ0v) is 10.7. The van der Waals surface area contributed by atoms with Crippen LogP contribution in [-0.4, -0.2) is 14.2 Å². The molecule has 2 heterocycles. The van der Waals surface area contributed by atoms with Crippen LogP contribution in [0.15, 0.2) is 12.4 Å². The molecule has 0 spiro atoms. The van der Waals surface area contributed by atoms with Gasteiger partial charge in [0, 0.05) is 12.2 Å². The van der Waals surface area contributed by atoms with E-state index in [-0.39, 0.29) is 0 Å². The molecule has 2 aromatic heterocycles. The first kappa shape index (κ1) is 11.6. The summed E-state index contributed by atoms with van der Waals surface area (Å²) < 4.78 is 6.02. The van der Waals surface area contributed by atoms with E-state index in [0.717, 1.165) is 16.4 Å². The van der Waals surface area contributed by atoms with Crippen LogP contribution < -0.4 is 5.32 Å². The van der Waals surface area contributed by atoms with Gasteiger partial charge in [-0.1, -0.05) is 0 Å². The van der Waals surface area contributed by atoms with Crippen LogP contribution in [0.3, 0.4) is 0 Å². The van der Waals surface area contributed by atoms with E-state index in [0.29, 0.717) is 11.6 Å². The highest BCUT2D eigenvalue weighted by molar-refractivity contribution is 7.10. The fourth-order valence-electron chi connectivity index (χ4n) is 1.40. The number of aromatic nitrogens is 3. The number of nitrogens with one attached hydrogen (secondary N) is 1. The van der Waals surface area contributed by atoms with E-state index < -0.39 is 0 Å². The highest BCUT2D eigenvalue weighted by Crippen LogP contribution is 2.27. The third-order valence-electron chi connectivity index (χ3n) is 2.36. The van der Waals surface area contributed by atoms with Crippen molar-refractivity contribution in [3.05, 3.63) is 23.7 Å². The lowest BCUT2D eigenvalue weighted by Gasteiger charge is -2.03. The highest BCUT2D eigenvalue weighted by atomic mass is 32.1. The predicted molar refractivity (Wildman–Crippen MR) is 67.5 cm³/mol. The van der Waals surface area contributed by atoms with Crippen molar-refractivity contribution in [1.82, 2.24) is 14.2 Å². The molecule has 5 nitrogen and oxygen atoms in total. The lowest BCUT2D eigenvalue weighted by Crippen LogP contribution is -1.99. The summed E-state index contributed by atoms with van der Waals surface area (Å²) >= 11 is 1.29. The van der Waals surface area contributed by atoms with Gasteiger partial charge in [0.2, 0.25) is 0 Å². The standard InChI is InChI=1S/C11H13N5S/c1-7(2)16-6-9(5-13-16)14-11-10(4-12)8(3)15-17-11/h5-7,14H,1-3H3. The van der Waals surface area contributed by atoms with Crippen LogP contribution in [-0.2, 0) is 0 Å². The lowest BCUT2D eigenvalue weighted by atomic mass is 10.3. The minimum Gasteiger partial charge on any atom is -0.342 e. The highest BCUT2D eigenvalue weighted by Gasteiger charge is 2.11. The van der Waals surface area contributed by atoms with Crippen LogP contribution in [0.1, 0.15) is 31.1 Å². The summed E-state index contributed by atoms with van der Waals surface area (Å²) in [4.78, 5) is 0. The van der Waals surface area contributed by atoms with E-state index in [4.69, 9.17) is 5.26 Å². The van der Waals surface area contributed by atoms with Crippen molar-refractivity contribution in [2.45, 2.75) is 26.8 Å². The number of hydrogen-bond donors (Lipinski definition) is 1. The maximum atomic E-state index is 9.02. The van der Waals surface area contributed by atoms with Crippen molar-refractivity contribution in [2.24, 2.45) is 0 Å². The SMILES string of the molecule is Cc1nsc(Nc2cnn(C(C)C)c2)c1C#N. The molecular formula is C11H13N5S. The number of nitrogens with zero attached hydrogens (tertiary/aromatic N) is 4. The van der Waals surface area contributed by atoms with Crippen molar-refractivity contribution in [2.75, 3.05) is 5.32 Å². The number of rotatable bonds is 3. The molecule has 0 radical (unpaired) electrons. The Bertz CT molecular complexity index is 561. The quantitative estimate of drug-likeness (QED) is 0.905. The molecule has 0 atom stereocenters. The fourth-order valence-corrected chi connectivity index (χ4v) is 2.17. The molecule has 0 unspecified atom stereocenters. The number of aryl methyl sites for hydroxylation is 1. The number of hydrogen-bond acceptors (Lipinski definition) is 5. The molecule has 0 saturated carbocycles. The molecule has 0 aliphatic rings. The minimum atomic E-state index is 0.323. The second-order valence-electron chi connectivity index (χ2n) is 4.01. The average Bonchev–Trinajstić information content (AvgIpc) is 2.87. The molecule has 2 aromatic rings. The molecule has 0 aliphatic carbocycles. The van der Waals surface area contributed by atoms with Gasteiger partial charge in [-0.15, -0.1) is 0 Å². The minimum absolute atomic E-state index is 0.323. The maximum absolute atomic E-state index is 9.02. The molecule has 17 heavy (non-hydrogen) atoms. The van der Waals surface area contributed by atoms with E-state index in [9.17, 15) is 0 Å². The van der Waals surface area contributed by atoms with Gasteiger partial charge >= 0.3 is 0 Å². The Morgan fingerprint density at radius 3 is 2.88 bits per heavy atom. The average molecular weight is 247 g/mol. The third kappa shape index (κ3) is 2.29. The smallest absolute Gasteiger partial charge is 0.132 e. The van der Waals surface area contributed by atoms with Crippen molar-refractivity contribution in [3.63, 3.8) is 0 Å². The van der Waals surface area contributed by atoms with Gasteiger partial charge in [0.25, 0.3) is 0 Å². The molecule has 0 fully saturated rings. The molecule has 6 heteroatoms. The summed E-state index contributed by atoms with van der Waals surface area (Å²) in [5.74, 6) is 0. The maximum Gasteiger partial charge on any atom is 0.132 e. The third-order valence-corrected chi connectivity index (χ3v) is 3.22. The van der Waals surface area contributed by atoms with Crippen LogP contribution in [0.4, 0.5) is 10.7 Å². The first-order valence-corrected chi connectivity index (χ1v) is 6.06. The topological polar surface area (TPSA) is 66.5 Å². The Hall–Kier alpha value is -1.87. The van der Waals surface area contributed by atoms with Crippen molar-refractivity contribution < 1.29 is 0 Å². The Morgan fingerprint density at radius 1 is 1.53 bits per heavy atom. The zero-order valence-electron chi connectivity index (χ0n) is 9.93. The van der Waals surface area contributed by atoms with Gasteiger partial charge in [-0.05, 0) is 32.3 Å². The normalized spacial score (nSPS) is 10.5. The summed E-state index contributed by atoms with van der Waals surface area (Å²) in [6.07, 6.45) is 3.66. The molecule has 1 N–H and O–H groups in total. The first-order chi connectivity index (χ1) is 8.11. The molecule has 0 amide bonds. The summed E-state index contributed by atoms with van der Waals surface area (Å²) in [5.41, 5.74) is 2.24. The van der Waals surface area contributed by atoms with Gasteiger partial charge in [0.15, 0.2) is 0 Å². The molecule has 0 bridgehead atoms. The Kier molecular flexibility index (Phi) is 3.11. The molecular weight excluding hydrogens is 234 g/mol. The largest absolute Gasteiger partial charge is 0.342 e. The van der Waals surface area contributed by atoms with Crippen molar-refractivity contribution >= 4 is 22.2 Å². The predicted octanol–water partition coefficient (Wildman–Crippen LogP) is 2.84. The van der Waals surface area contributed by atoms with E-state index in [1.54, 1.807) is 6.20 Å².